The van der Waals surface area contributed by atoms with Crippen LogP contribution in [0.25, 0.3) is 11.4 Å². The minimum Gasteiger partial charge on any atom is -0.370 e. The number of aromatic amines is 1. The molecule has 5 N–H and O–H groups in total. The van der Waals surface area contributed by atoms with Gasteiger partial charge in [-0.1, -0.05) is 13.8 Å². The lowest BCUT2D eigenvalue weighted by Crippen LogP contribution is -2.21. The Hall–Kier alpha value is -2.15. The number of H-pyrrole nitrogens is 1. The largest absolute Gasteiger partial charge is 0.370 e. The lowest BCUT2D eigenvalue weighted by molar-refractivity contribution is 0.101. The van der Waals surface area contributed by atoms with Crippen molar-refractivity contribution in [2.75, 3.05) is 0 Å². The van der Waals surface area contributed by atoms with Gasteiger partial charge in [0.2, 0.25) is 5.13 Å². The van der Waals surface area contributed by atoms with Crippen LogP contribution in [0.1, 0.15) is 48.8 Å². The molecule has 23 heavy (non-hydrogen) atoms. The summed E-state index contributed by atoms with van der Waals surface area (Å²) >= 11 is 1.37. The van der Waals surface area contributed by atoms with Crippen LogP contribution in [0.4, 0.5) is 5.13 Å². The van der Waals surface area contributed by atoms with Gasteiger partial charge >= 0.3 is 0 Å². The first-order valence-corrected chi connectivity index (χ1v) is 8.45. The van der Waals surface area contributed by atoms with Gasteiger partial charge in [-0.25, -0.2) is 4.98 Å². The first-order valence-electron chi connectivity index (χ1n) is 7.57. The molecule has 0 fully saturated rings. The standard InChI is InChI=1S/C16H23N5OS/c1-8(2)5-6-11-13(10(4)22)9(3)19-14(11)12-7-23-16(20-12)21-15(17)18/h7-8,19H,5-6H2,1-4H3,(H4,17,18,20,21). The van der Waals surface area contributed by atoms with Gasteiger partial charge in [-0.15, -0.1) is 11.3 Å². The van der Waals surface area contributed by atoms with Crippen LogP contribution in [0, 0.1) is 12.8 Å². The monoisotopic (exact) mass is 333 g/mol. The maximum Gasteiger partial charge on any atom is 0.212 e. The summed E-state index contributed by atoms with van der Waals surface area (Å²) in [7, 11) is 0. The van der Waals surface area contributed by atoms with Crippen LogP contribution in [0.3, 0.4) is 0 Å². The van der Waals surface area contributed by atoms with Gasteiger partial charge in [0.25, 0.3) is 0 Å². The third kappa shape index (κ3) is 3.98. The number of Topliss-reactive ketones (excluding diaryl/α,β-unsaturated/α-hetero) is 1. The second-order valence-corrected chi connectivity index (χ2v) is 6.86. The average molecular weight is 333 g/mol. The molecule has 2 aromatic rings. The van der Waals surface area contributed by atoms with Gasteiger partial charge in [-0.05, 0) is 38.2 Å². The Kier molecular flexibility index (Phi) is 5.20. The maximum absolute atomic E-state index is 12.0. The molecule has 2 heterocycles. The average Bonchev–Trinajstić information content (AvgIpc) is 2.99. The molecule has 0 saturated carbocycles. The van der Waals surface area contributed by atoms with E-state index in [0.717, 1.165) is 41.1 Å². The molecule has 0 aromatic carbocycles. The molecule has 124 valence electrons. The summed E-state index contributed by atoms with van der Waals surface area (Å²) in [5.41, 5.74) is 15.1. The van der Waals surface area contributed by atoms with Gasteiger partial charge in [0, 0.05) is 16.6 Å². The zero-order valence-electron chi connectivity index (χ0n) is 13.9. The number of carbonyl (C=O) groups is 1. The molecule has 0 aliphatic carbocycles. The number of guanidine groups is 1. The summed E-state index contributed by atoms with van der Waals surface area (Å²) in [6, 6.07) is 0. The van der Waals surface area contributed by atoms with Gasteiger partial charge < -0.3 is 16.5 Å². The Labute approximate surface area is 140 Å². The minimum atomic E-state index is -0.0157. The summed E-state index contributed by atoms with van der Waals surface area (Å²) in [5.74, 6) is 0.618. The molecule has 0 spiro atoms. The fraction of sp³-hybridized carbons (Fsp3) is 0.438. The van der Waals surface area contributed by atoms with E-state index in [1.54, 1.807) is 6.92 Å². The Morgan fingerprint density at radius 1 is 1.43 bits per heavy atom. The van der Waals surface area contributed by atoms with Crippen LogP contribution in [-0.2, 0) is 6.42 Å². The van der Waals surface area contributed by atoms with Crippen LogP contribution >= 0.6 is 11.3 Å². The lowest BCUT2D eigenvalue weighted by atomic mass is 9.96. The van der Waals surface area contributed by atoms with Crippen LogP contribution < -0.4 is 11.5 Å². The number of nitrogens with two attached hydrogens (primary N) is 2. The van der Waals surface area contributed by atoms with Crippen molar-refractivity contribution in [3.05, 3.63) is 22.2 Å². The van der Waals surface area contributed by atoms with E-state index < -0.39 is 0 Å². The predicted octanol–water partition coefficient (Wildman–Crippen LogP) is 3.14. The zero-order valence-corrected chi connectivity index (χ0v) is 14.8. The lowest BCUT2D eigenvalue weighted by Gasteiger charge is -2.07. The van der Waals surface area contributed by atoms with Crippen molar-refractivity contribution in [1.29, 1.82) is 0 Å². The zero-order chi connectivity index (χ0) is 17.1. The first-order chi connectivity index (χ1) is 10.8. The number of hydrogen-bond acceptors (Lipinski definition) is 4. The summed E-state index contributed by atoms with van der Waals surface area (Å²) in [5, 5.41) is 2.40. The van der Waals surface area contributed by atoms with Gasteiger partial charge in [-0.2, -0.15) is 4.99 Å². The summed E-state index contributed by atoms with van der Waals surface area (Å²) in [6.07, 6.45) is 1.84. The van der Waals surface area contributed by atoms with E-state index in [1.807, 2.05) is 12.3 Å². The summed E-state index contributed by atoms with van der Waals surface area (Å²) in [6.45, 7) is 7.87. The highest BCUT2D eigenvalue weighted by Crippen LogP contribution is 2.33. The number of hydrogen-bond donors (Lipinski definition) is 3. The highest BCUT2D eigenvalue weighted by Gasteiger charge is 2.21. The first kappa shape index (κ1) is 17.2. The molecule has 6 nitrogen and oxygen atoms in total. The highest BCUT2D eigenvalue weighted by molar-refractivity contribution is 7.13. The Bertz CT molecular complexity index is 738. The molecule has 2 aromatic heterocycles. The van der Waals surface area contributed by atoms with Crippen LogP contribution in [0.2, 0.25) is 0 Å². The van der Waals surface area contributed by atoms with Gasteiger partial charge in [-0.3, -0.25) is 4.79 Å². The van der Waals surface area contributed by atoms with Crippen molar-refractivity contribution in [1.82, 2.24) is 9.97 Å². The van der Waals surface area contributed by atoms with E-state index in [9.17, 15) is 4.79 Å². The van der Waals surface area contributed by atoms with Gasteiger partial charge in [0.05, 0.1) is 5.69 Å². The fourth-order valence-corrected chi connectivity index (χ4v) is 3.29. The minimum absolute atomic E-state index is 0.0157. The number of aromatic nitrogens is 2. The van der Waals surface area contributed by atoms with E-state index in [4.69, 9.17) is 11.5 Å². The number of nitrogens with zero attached hydrogens (tertiary/aromatic N) is 2. The van der Waals surface area contributed by atoms with Gasteiger partial charge in [0.1, 0.15) is 5.69 Å². The molecular formula is C16H23N5OS. The Balaban J connectivity index is 2.48. The van der Waals surface area contributed by atoms with E-state index in [1.165, 1.54) is 11.3 Å². The number of aliphatic imine (C=N–C) groups is 1. The van der Waals surface area contributed by atoms with Crippen LogP contribution in [0.15, 0.2) is 10.4 Å². The number of nitrogens with one attached hydrogen (secondary N) is 1. The van der Waals surface area contributed by atoms with Crippen molar-refractivity contribution in [3.8, 4) is 11.4 Å². The van der Waals surface area contributed by atoms with E-state index in [0.29, 0.717) is 11.0 Å². The van der Waals surface area contributed by atoms with E-state index in [-0.39, 0.29) is 11.7 Å². The fourth-order valence-electron chi connectivity index (χ4n) is 2.60. The Morgan fingerprint density at radius 3 is 2.70 bits per heavy atom. The normalized spacial score (nSPS) is 11.0. The quantitative estimate of drug-likeness (QED) is 0.428. The molecule has 0 atom stereocenters. The Morgan fingerprint density at radius 2 is 2.13 bits per heavy atom. The van der Waals surface area contributed by atoms with Gasteiger partial charge in [0.15, 0.2) is 11.7 Å². The molecule has 0 aliphatic rings. The molecular weight excluding hydrogens is 310 g/mol. The molecule has 0 bridgehead atoms. The topological polar surface area (TPSA) is 110 Å². The number of carbonyl (C=O) groups excluding carboxylic acids is 1. The SMILES string of the molecule is CC(=O)c1c(C)[nH]c(-c2csc(N=C(N)N)n2)c1CCC(C)C. The second-order valence-electron chi connectivity index (χ2n) is 6.02. The maximum atomic E-state index is 12.0. The van der Waals surface area contributed by atoms with Crippen LogP contribution in [-0.4, -0.2) is 21.7 Å². The molecule has 0 unspecified atom stereocenters. The molecule has 7 heteroatoms. The number of ketones is 1. The molecule has 0 amide bonds. The summed E-state index contributed by atoms with van der Waals surface area (Å²) in [4.78, 5) is 23.8. The van der Waals surface area contributed by atoms with E-state index >= 15 is 0 Å². The van der Waals surface area contributed by atoms with Crippen molar-refractivity contribution in [2.45, 2.75) is 40.5 Å². The third-order valence-corrected chi connectivity index (χ3v) is 4.32. The summed E-state index contributed by atoms with van der Waals surface area (Å²) < 4.78 is 0. The van der Waals surface area contributed by atoms with E-state index in [2.05, 4.69) is 28.8 Å². The number of rotatable bonds is 6. The third-order valence-electron chi connectivity index (χ3n) is 3.59. The van der Waals surface area contributed by atoms with Crippen molar-refractivity contribution < 1.29 is 4.79 Å². The van der Waals surface area contributed by atoms with Crippen molar-refractivity contribution in [3.63, 3.8) is 0 Å². The van der Waals surface area contributed by atoms with Crippen molar-refractivity contribution >= 4 is 28.2 Å². The second kappa shape index (κ2) is 6.95. The van der Waals surface area contributed by atoms with Crippen LogP contribution in [0.5, 0.6) is 0 Å². The predicted molar refractivity (Wildman–Crippen MR) is 95.3 cm³/mol. The van der Waals surface area contributed by atoms with Crippen molar-refractivity contribution in [2.24, 2.45) is 22.4 Å². The highest BCUT2D eigenvalue weighted by atomic mass is 32.1. The molecule has 2 rings (SSSR count). The molecule has 0 radical (unpaired) electrons. The number of thiazole rings is 1. The smallest absolute Gasteiger partial charge is 0.212 e. The number of aryl methyl sites for hydroxylation is 1. The molecule has 0 saturated heterocycles. The molecule has 0 aliphatic heterocycles.